The normalized spacial score (nSPS) is 50.5. The van der Waals surface area contributed by atoms with E-state index in [4.69, 9.17) is 19.3 Å². The molecule has 0 aromatic heterocycles. The molecule has 3 rings (SSSR count). The first kappa shape index (κ1) is 5.85. The lowest BCUT2D eigenvalue weighted by Gasteiger charge is -2.32. The molecule has 0 amide bonds. The third-order valence-electron chi connectivity index (χ3n) is 2.30. The van der Waals surface area contributed by atoms with E-state index >= 15 is 0 Å². The van der Waals surface area contributed by atoms with Gasteiger partial charge < -0.3 is 19.3 Å². The lowest BCUT2D eigenvalue weighted by Crippen LogP contribution is -2.42. The van der Waals surface area contributed by atoms with Gasteiger partial charge in [0.05, 0.1) is 6.61 Å². The monoisotopic (exact) mass is 156 g/mol. The summed E-state index contributed by atoms with van der Waals surface area (Å²) < 4.78 is 15.7. The minimum atomic E-state index is -0.175. The standard InChI is InChI=1S/C7H8O4/c8-1-3-6-7(11-6)5-4(10-3)2-9-5/h2-3,5-8H,1H2. The maximum atomic E-state index is 8.84. The van der Waals surface area contributed by atoms with E-state index in [1.54, 1.807) is 6.26 Å². The fraction of sp³-hybridized carbons (Fsp3) is 0.714. The van der Waals surface area contributed by atoms with E-state index in [2.05, 4.69) is 0 Å². The predicted octanol–water partition coefficient (Wildman–Crippen LogP) is -0.615. The highest BCUT2D eigenvalue weighted by Gasteiger charge is 2.60. The number of aliphatic hydroxyl groups is 1. The zero-order valence-corrected chi connectivity index (χ0v) is 5.77. The van der Waals surface area contributed by atoms with Crippen molar-refractivity contribution in [3.05, 3.63) is 12.0 Å². The van der Waals surface area contributed by atoms with Crippen LogP contribution in [-0.2, 0) is 14.2 Å². The van der Waals surface area contributed by atoms with Crippen LogP contribution in [0.5, 0.6) is 0 Å². The van der Waals surface area contributed by atoms with Gasteiger partial charge in [-0.3, -0.25) is 0 Å². The van der Waals surface area contributed by atoms with Crippen molar-refractivity contribution in [3.8, 4) is 0 Å². The Kier molecular flexibility index (Phi) is 0.906. The smallest absolute Gasteiger partial charge is 0.186 e. The summed E-state index contributed by atoms with van der Waals surface area (Å²) in [4.78, 5) is 0. The SMILES string of the molecule is OCC1OC2=COC2C2OC12. The van der Waals surface area contributed by atoms with Gasteiger partial charge >= 0.3 is 0 Å². The van der Waals surface area contributed by atoms with E-state index in [-0.39, 0.29) is 31.0 Å². The summed E-state index contributed by atoms with van der Waals surface area (Å²) >= 11 is 0. The summed E-state index contributed by atoms with van der Waals surface area (Å²) in [5, 5.41) is 8.84. The molecule has 11 heavy (non-hydrogen) atoms. The highest BCUT2D eigenvalue weighted by molar-refractivity contribution is 5.20. The molecule has 4 atom stereocenters. The van der Waals surface area contributed by atoms with Crippen LogP contribution < -0.4 is 0 Å². The topological polar surface area (TPSA) is 51.2 Å². The number of hydrogen-bond donors (Lipinski definition) is 1. The molecule has 0 radical (unpaired) electrons. The number of rotatable bonds is 1. The molecule has 3 aliphatic rings. The number of fused-ring (bicyclic) bond motifs is 3. The van der Waals surface area contributed by atoms with E-state index in [0.29, 0.717) is 0 Å². The van der Waals surface area contributed by atoms with Gasteiger partial charge in [-0.1, -0.05) is 0 Å². The maximum absolute atomic E-state index is 8.84. The Morgan fingerprint density at radius 3 is 3.00 bits per heavy atom. The third kappa shape index (κ3) is 0.611. The highest BCUT2D eigenvalue weighted by Crippen LogP contribution is 2.44. The molecule has 3 heterocycles. The number of ether oxygens (including phenoxy) is 3. The first-order valence-electron chi connectivity index (χ1n) is 3.68. The van der Waals surface area contributed by atoms with E-state index in [1.807, 2.05) is 0 Å². The molecule has 0 bridgehead atoms. The first-order chi connectivity index (χ1) is 5.40. The maximum Gasteiger partial charge on any atom is 0.186 e. The van der Waals surface area contributed by atoms with Crippen molar-refractivity contribution in [1.29, 1.82) is 0 Å². The summed E-state index contributed by atoms with van der Waals surface area (Å²) in [6.07, 6.45) is 1.61. The van der Waals surface area contributed by atoms with Gasteiger partial charge in [0.25, 0.3) is 0 Å². The van der Waals surface area contributed by atoms with Gasteiger partial charge in [-0.25, -0.2) is 0 Å². The van der Waals surface area contributed by atoms with Crippen LogP contribution in [0, 0.1) is 0 Å². The Morgan fingerprint density at radius 2 is 2.36 bits per heavy atom. The van der Waals surface area contributed by atoms with Crippen LogP contribution in [0.25, 0.3) is 0 Å². The quantitative estimate of drug-likeness (QED) is 0.514. The van der Waals surface area contributed by atoms with Crippen LogP contribution in [0.4, 0.5) is 0 Å². The van der Waals surface area contributed by atoms with Gasteiger partial charge in [0.2, 0.25) is 0 Å². The molecule has 4 unspecified atom stereocenters. The summed E-state index contributed by atoms with van der Waals surface area (Å²) in [6.45, 7) is 0.0191. The second-order valence-corrected chi connectivity index (χ2v) is 2.98. The molecule has 0 saturated carbocycles. The summed E-state index contributed by atoms with van der Waals surface area (Å²) in [5.74, 6) is 0.822. The number of epoxide rings is 1. The summed E-state index contributed by atoms with van der Waals surface area (Å²) in [5.41, 5.74) is 0. The second kappa shape index (κ2) is 1.70. The Morgan fingerprint density at radius 1 is 1.45 bits per heavy atom. The summed E-state index contributed by atoms with van der Waals surface area (Å²) in [6, 6.07) is 0. The van der Waals surface area contributed by atoms with Crippen LogP contribution in [0.3, 0.4) is 0 Å². The van der Waals surface area contributed by atoms with Gasteiger partial charge in [0.15, 0.2) is 18.0 Å². The van der Waals surface area contributed by atoms with Gasteiger partial charge in [-0.2, -0.15) is 0 Å². The van der Waals surface area contributed by atoms with Gasteiger partial charge in [0, 0.05) is 0 Å². The zero-order chi connectivity index (χ0) is 7.42. The molecule has 4 nitrogen and oxygen atoms in total. The van der Waals surface area contributed by atoms with Crippen LogP contribution in [-0.4, -0.2) is 36.1 Å². The molecule has 0 aromatic carbocycles. The van der Waals surface area contributed by atoms with E-state index in [9.17, 15) is 0 Å². The Hall–Kier alpha value is -0.740. The van der Waals surface area contributed by atoms with Gasteiger partial charge in [-0.05, 0) is 0 Å². The lowest BCUT2D eigenvalue weighted by molar-refractivity contribution is -0.0496. The molecule has 4 heteroatoms. The summed E-state index contributed by atoms with van der Waals surface area (Å²) in [7, 11) is 0. The van der Waals surface area contributed by atoms with Gasteiger partial charge in [0.1, 0.15) is 18.5 Å². The third-order valence-corrected chi connectivity index (χ3v) is 2.30. The molecular weight excluding hydrogens is 148 g/mol. The van der Waals surface area contributed by atoms with Gasteiger partial charge in [-0.15, -0.1) is 0 Å². The molecule has 1 N–H and O–H groups in total. The van der Waals surface area contributed by atoms with Crippen LogP contribution >= 0.6 is 0 Å². The van der Waals surface area contributed by atoms with Crippen LogP contribution in [0.15, 0.2) is 12.0 Å². The highest BCUT2D eigenvalue weighted by atomic mass is 16.7. The fourth-order valence-electron chi connectivity index (χ4n) is 1.60. The van der Waals surface area contributed by atoms with Crippen molar-refractivity contribution < 1.29 is 19.3 Å². The minimum absolute atomic E-state index is 0.0165. The Balaban J connectivity index is 1.84. The van der Waals surface area contributed by atoms with E-state index in [1.165, 1.54) is 0 Å². The van der Waals surface area contributed by atoms with Crippen LogP contribution in [0.2, 0.25) is 0 Å². The fourth-order valence-corrected chi connectivity index (χ4v) is 1.60. The molecule has 0 spiro atoms. The van der Waals surface area contributed by atoms with Crippen molar-refractivity contribution in [2.24, 2.45) is 0 Å². The van der Waals surface area contributed by atoms with Crippen molar-refractivity contribution in [1.82, 2.24) is 0 Å². The van der Waals surface area contributed by atoms with Crippen molar-refractivity contribution in [2.45, 2.75) is 24.4 Å². The molecular formula is C7H8O4. The average Bonchev–Trinajstić information content (AvgIpc) is 2.67. The molecule has 2 saturated heterocycles. The second-order valence-electron chi connectivity index (χ2n) is 2.98. The largest absolute Gasteiger partial charge is 0.483 e. The first-order valence-corrected chi connectivity index (χ1v) is 3.68. The van der Waals surface area contributed by atoms with Crippen LogP contribution in [0.1, 0.15) is 0 Å². The average molecular weight is 156 g/mol. The Bertz CT molecular complexity index is 224. The molecule has 60 valence electrons. The lowest BCUT2D eigenvalue weighted by atomic mass is 10.0. The molecule has 2 fully saturated rings. The Labute approximate surface area is 63.4 Å². The number of aliphatic hydroxyl groups excluding tert-OH is 1. The molecule has 3 aliphatic heterocycles. The number of hydrogen-bond acceptors (Lipinski definition) is 4. The van der Waals surface area contributed by atoms with Crippen molar-refractivity contribution in [2.75, 3.05) is 6.61 Å². The van der Waals surface area contributed by atoms with E-state index < -0.39 is 0 Å². The van der Waals surface area contributed by atoms with Crippen molar-refractivity contribution in [3.63, 3.8) is 0 Å². The predicted molar refractivity (Wildman–Crippen MR) is 33.6 cm³/mol. The van der Waals surface area contributed by atoms with Crippen molar-refractivity contribution >= 4 is 0 Å². The van der Waals surface area contributed by atoms with E-state index in [0.717, 1.165) is 5.76 Å². The minimum Gasteiger partial charge on any atom is -0.483 e. The molecule has 0 aromatic rings. The zero-order valence-electron chi connectivity index (χ0n) is 5.77. The molecule has 0 aliphatic carbocycles.